The standard InChI is InChI=1S/C8H18N2O3S/c1-2-13-5-6-14(11,12)10-8-3-4-9-7-8/h8-10H,2-7H2,1H3/t8-/m1/s1. The molecule has 84 valence electrons. The zero-order valence-electron chi connectivity index (χ0n) is 8.45. The maximum Gasteiger partial charge on any atom is 0.214 e. The Morgan fingerprint density at radius 1 is 1.57 bits per heavy atom. The van der Waals surface area contributed by atoms with Gasteiger partial charge >= 0.3 is 0 Å². The van der Waals surface area contributed by atoms with Gasteiger partial charge in [-0.2, -0.15) is 0 Å². The highest BCUT2D eigenvalue weighted by atomic mass is 32.2. The van der Waals surface area contributed by atoms with E-state index in [-0.39, 0.29) is 18.4 Å². The van der Waals surface area contributed by atoms with Crippen LogP contribution in [0.15, 0.2) is 0 Å². The molecule has 0 aromatic heterocycles. The smallest absolute Gasteiger partial charge is 0.214 e. The SMILES string of the molecule is CCOCCS(=O)(=O)N[C@@H]1CCNC1. The zero-order valence-corrected chi connectivity index (χ0v) is 9.27. The fourth-order valence-electron chi connectivity index (χ4n) is 1.38. The first-order valence-corrected chi connectivity index (χ1v) is 6.58. The summed E-state index contributed by atoms with van der Waals surface area (Å²) >= 11 is 0. The molecule has 0 amide bonds. The Kier molecular flexibility index (Phi) is 4.80. The van der Waals surface area contributed by atoms with E-state index in [1.54, 1.807) is 0 Å². The van der Waals surface area contributed by atoms with Crippen molar-refractivity contribution >= 4 is 10.0 Å². The molecule has 6 heteroatoms. The van der Waals surface area contributed by atoms with Crippen LogP contribution in [0, 0.1) is 0 Å². The molecule has 0 unspecified atom stereocenters. The van der Waals surface area contributed by atoms with Crippen LogP contribution in [-0.4, -0.2) is 46.5 Å². The molecule has 0 spiro atoms. The highest BCUT2D eigenvalue weighted by molar-refractivity contribution is 7.89. The molecule has 0 saturated carbocycles. The summed E-state index contributed by atoms with van der Waals surface area (Å²) in [5.74, 6) is 0.0529. The van der Waals surface area contributed by atoms with Crippen molar-refractivity contribution in [3.05, 3.63) is 0 Å². The van der Waals surface area contributed by atoms with Crippen LogP contribution in [0.5, 0.6) is 0 Å². The van der Waals surface area contributed by atoms with Crippen molar-refractivity contribution in [3.63, 3.8) is 0 Å². The fourth-order valence-corrected chi connectivity index (χ4v) is 2.55. The summed E-state index contributed by atoms with van der Waals surface area (Å²) in [6.45, 7) is 4.29. The Bertz CT molecular complexity index is 247. The van der Waals surface area contributed by atoms with Crippen LogP contribution >= 0.6 is 0 Å². The molecule has 1 aliphatic rings. The van der Waals surface area contributed by atoms with Gasteiger partial charge in [0.25, 0.3) is 0 Å². The summed E-state index contributed by atoms with van der Waals surface area (Å²) in [4.78, 5) is 0. The molecule has 0 aliphatic carbocycles. The summed E-state index contributed by atoms with van der Waals surface area (Å²) in [5, 5.41) is 3.10. The van der Waals surface area contributed by atoms with Gasteiger partial charge in [-0.15, -0.1) is 0 Å². The predicted octanol–water partition coefficient (Wildman–Crippen LogP) is -0.696. The van der Waals surface area contributed by atoms with E-state index in [0.29, 0.717) is 6.61 Å². The Hall–Kier alpha value is -0.170. The molecule has 1 atom stereocenters. The maximum absolute atomic E-state index is 11.4. The van der Waals surface area contributed by atoms with E-state index in [9.17, 15) is 8.42 Å². The topological polar surface area (TPSA) is 67.4 Å². The van der Waals surface area contributed by atoms with E-state index in [2.05, 4.69) is 10.0 Å². The first-order chi connectivity index (χ1) is 6.64. The molecule has 1 heterocycles. The van der Waals surface area contributed by atoms with Crippen LogP contribution in [0.1, 0.15) is 13.3 Å². The van der Waals surface area contributed by atoms with Crippen LogP contribution in [0.4, 0.5) is 0 Å². The highest BCUT2D eigenvalue weighted by Crippen LogP contribution is 1.99. The van der Waals surface area contributed by atoms with Gasteiger partial charge in [-0.05, 0) is 19.9 Å². The Labute approximate surface area is 85.3 Å². The molecule has 14 heavy (non-hydrogen) atoms. The van der Waals surface area contributed by atoms with Gasteiger partial charge in [0.1, 0.15) is 0 Å². The van der Waals surface area contributed by atoms with Crippen molar-refractivity contribution in [2.24, 2.45) is 0 Å². The molecule has 2 N–H and O–H groups in total. The largest absolute Gasteiger partial charge is 0.381 e. The number of hydrogen-bond donors (Lipinski definition) is 2. The average molecular weight is 222 g/mol. The third-order valence-electron chi connectivity index (χ3n) is 2.11. The second kappa shape index (κ2) is 5.65. The van der Waals surface area contributed by atoms with Crippen LogP contribution in [-0.2, 0) is 14.8 Å². The van der Waals surface area contributed by atoms with Crippen molar-refractivity contribution in [1.29, 1.82) is 0 Å². The Balaban J connectivity index is 2.26. The van der Waals surface area contributed by atoms with Gasteiger partial charge in [0.15, 0.2) is 0 Å². The minimum atomic E-state index is -3.15. The van der Waals surface area contributed by atoms with Gasteiger partial charge < -0.3 is 10.1 Å². The van der Waals surface area contributed by atoms with E-state index in [1.807, 2.05) is 6.92 Å². The van der Waals surface area contributed by atoms with Gasteiger partial charge in [0, 0.05) is 19.2 Å². The van der Waals surface area contributed by atoms with Crippen molar-refractivity contribution in [2.75, 3.05) is 32.1 Å². The molecule has 1 fully saturated rings. The minimum Gasteiger partial charge on any atom is -0.381 e. The average Bonchev–Trinajstić information content (AvgIpc) is 2.56. The van der Waals surface area contributed by atoms with Crippen LogP contribution in [0.25, 0.3) is 0 Å². The molecule has 1 rings (SSSR count). The third kappa shape index (κ3) is 4.36. The summed E-state index contributed by atoms with van der Waals surface area (Å²) in [6.07, 6.45) is 0.869. The van der Waals surface area contributed by atoms with Crippen LogP contribution in [0.2, 0.25) is 0 Å². The maximum atomic E-state index is 11.4. The molecule has 0 radical (unpaired) electrons. The molecular formula is C8H18N2O3S. The minimum absolute atomic E-state index is 0.0529. The monoisotopic (exact) mass is 222 g/mol. The van der Waals surface area contributed by atoms with E-state index in [4.69, 9.17) is 4.74 Å². The first kappa shape index (κ1) is 11.9. The van der Waals surface area contributed by atoms with Gasteiger partial charge in [0.2, 0.25) is 10.0 Å². The molecule has 1 aliphatic heterocycles. The Morgan fingerprint density at radius 3 is 2.93 bits per heavy atom. The number of nitrogens with one attached hydrogen (secondary N) is 2. The zero-order chi connectivity index (χ0) is 10.4. The number of ether oxygens (including phenoxy) is 1. The lowest BCUT2D eigenvalue weighted by Crippen LogP contribution is -2.38. The summed E-state index contributed by atoms with van der Waals surface area (Å²) in [7, 11) is -3.15. The summed E-state index contributed by atoms with van der Waals surface area (Å²) in [6, 6.07) is 0.0571. The van der Waals surface area contributed by atoms with E-state index in [1.165, 1.54) is 0 Å². The summed E-state index contributed by atoms with van der Waals surface area (Å²) < 4.78 is 30.5. The number of sulfonamides is 1. The van der Waals surface area contributed by atoms with Crippen molar-refractivity contribution < 1.29 is 13.2 Å². The van der Waals surface area contributed by atoms with Crippen LogP contribution in [0.3, 0.4) is 0 Å². The summed E-state index contributed by atoms with van der Waals surface area (Å²) in [5.41, 5.74) is 0. The van der Waals surface area contributed by atoms with Gasteiger partial charge in [-0.1, -0.05) is 0 Å². The van der Waals surface area contributed by atoms with Crippen molar-refractivity contribution in [2.45, 2.75) is 19.4 Å². The molecule has 1 saturated heterocycles. The van der Waals surface area contributed by atoms with E-state index >= 15 is 0 Å². The lowest BCUT2D eigenvalue weighted by Gasteiger charge is -2.11. The van der Waals surface area contributed by atoms with Gasteiger partial charge in [0.05, 0.1) is 12.4 Å². The molecule has 0 aromatic carbocycles. The van der Waals surface area contributed by atoms with Gasteiger partial charge in [-0.3, -0.25) is 0 Å². The van der Waals surface area contributed by atoms with E-state index < -0.39 is 10.0 Å². The second-order valence-electron chi connectivity index (χ2n) is 3.32. The quantitative estimate of drug-likeness (QED) is 0.583. The highest BCUT2D eigenvalue weighted by Gasteiger charge is 2.20. The normalized spacial score (nSPS) is 22.8. The third-order valence-corrected chi connectivity index (χ3v) is 3.50. The fraction of sp³-hybridized carbons (Fsp3) is 1.00. The van der Waals surface area contributed by atoms with Crippen molar-refractivity contribution in [3.8, 4) is 0 Å². The lowest BCUT2D eigenvalue weighted by molar-refractivity contribution is 0.163. The predicted molar refractivity (Wildman–Crippen MR) is 54.7 cm³/mol. The Morgan fingerprint density at radius 2 is 2.36 bits per heavy atom. The molecular weight excluding hydrogens is 204 g/mol. The molecule has 5 nitrogen and oxygen atoms in total. The molecule has 0 aromatic rings. The second-order valence-corrected chi connectivity index (χ2v) is 5.20. The lowest BCUT2D eigenvalue weighted by atomic mass is 10.3. The molecule has 0 bridgehead atoms. The van der Waals surface area contributed by atoms with Crippen LogP contribution < -0.4 is 10.0 Å². The van der Waals surface area contributed by atoms with Gasteiger partial charge in [-0.25, -0.2) is 13.1 Å². The van der Waals surface area contributed by atoms with E-state index in [0.717, 1.165) is 19.5 Å². The number of hydrogen-bond acceptors (Lipinski definition) is 4. The first-order valence-electron chi connectivity index (χ1n) is 4.92. The van der Waals surface area contributed by atoms with Crippen molar-refractivity contribution in [1.82, 2.24) is 10.0 Å². The number of rotatable bonds is 6.